The number of ether oxygens (including phenoxy) is 6. The number of esters is 2. The number of aliphatic hydroxyl groups is 1. The molecule has 15 heteroatoms. The Morgan fingerprint density at radius 1 is 1.09 bits per heavy atom. The van der Waals surface area contributed by atoms with Gasteiger partial charge in [-0.15, -0.1) is 0 Å². The van der Waals surface area contributed by atoms with E-state index in [9.17, 15) is 19.5 Å². The molecule has 2 aromatic rings. The van der Waals surface area contributed by atoms with Gasteiger partial charge in [0.2, 0.25) is 0 Å². The van der Waals surface area contributed by atoms with Crippen LogP contribution in [0.4, 0.5) is 4.79 Å². The molecule has 0 saturated carbocycles. The minimum atomic E-state index is -1.22. The number of urea groups is 1. The molecule has 1 aliphatic heterocycles. The molecule has 232 valence electrons. The summed E-state index contributed by atoms with van der Waals surface area (Å²) in [6, 6.07) is 6.77. The van der Waals surface area contributed by atoms with Crippen LogP contribution in [0.5, 0.6) is 23.0 Å². The normalized spacial score (nSPS) is 15.2. The second-order valence-corrected chi connectivity index (χ2v) is 9.22. The maximum absolute atomic E-state index is 12.4. The van der Waals surface area contributed by atoms with Crippen molar-refractivity contribution in [1.82, 2.24) is 16.1 Å². The zero-order valence-corrected chi connectivity index (χ0v) is 24.9. The zero-order chi connectivity index (χ0) is 31.5. The Morgan fingerprint density at radius 2 is 1.86 bits per heavy atom. The summed E-state index contributed by atoms with van der Waals surface area (Å²) in [5.41, 5.74) is 4.24. The fraction of sp³-hybridized carbons (Fsp3) is 0.357. The van der Waals surface area contributed by atoms with Gasteiger partial charge in [-0.25, -0.2) is 14.4 Å². The number of nitrogens with one attached hydrogen (secondary N) is 3. The van der Waals surface area contributed by atoms with Gasteiger partial charge in [-0.2, -0.15) is 5.10 Å². The van der Waals surface area contributed by atoms with E-state index in [-0.39, 0.29) is 35.3 Å². The number of methoxy groups -OCH3 is 3. The number of nitrogens with zero attached hydrogens (tertiary/aromatic N) is 1. The van der Waals surface area contributed by atoms with Crippen molar-refractivity contribution in [2.24, 2.45) is 5.10 Å². The highest BCUT2D eigenvalue weighted by Gasteiger charge is 2.32. The van der Waals surface area contributed by atoms with Crippen LogP contribution < -0.4 is 35.0 Å². The number of carbonyl (C=O) groups is 3. The molecule has 14 nitrogen and oxygen atoms in total. The topological polar surface area (TPSA) is 175 Å². The Morgan fingerprint density at radius 3 is 2.53 bits per heavy atom. The molecular weight excluding hydrogens is 588 g/mol. The molecule has 2 aromatic carbocycles. The third-order valence-corrected chi connectivity index (χ3v) is 6.20. The lowest BCUT2D eigenvalue weighted by Gasteiger charge is -2.28. The van der Waals surface area contributed by atoms with Crippen molar-refractivity contribution >= 4 is 35.8 Å². The maximum Gasteiger partial charge on any atom is 0.343 e. The van der Waals surface area contributed by atoms with Gasteiger partial charge in [-0.1, -0.05) is 17.7 Å². The van der Waals surface area contributed by atoms with Gasteiger partial charge in [0.25, 0.3) is 0 Å². The third kappa shape index (κ3) is 8.66. The second-order valence-electron chi connectivity index (χ2n) is 8.81. The van der Waals surface area contributed by atoms with Gasteiger partial charge in [0.05, 0.1) is 50.8 Å². The van der Waals surface area contributed by atoms with E-state index in [1.165, 1.54) is 33.6 Å². The van der Waals surface area contributed by atoms with Gasteiger partial charge in [0.15, 0.2) is 35.8 Å². The first-order valence-electron chi connectivity index (χ1n) is 12.9. The van der Waals surface area contributed by atoms with Crippen LogP contribution in [-0.4, -0.2) is 76.7 Å². The van der Waals surface area contributed by atoms with Gasteiger partial charge in [-0.05, 0) is 49.2 Å². The van der Waals surface area contributed by atoms with Crippen LogP contribution in [0.2, 0.25) is 5.02 Å². The monoisotopic (exact) mass is 620 g/mol. The number of amides is 2. The Bertz CT molecular complexity index is 1400. The summed E-state index contributed by atoms with van der Waals surface area (Å²) in [4.78, 5) is 35.9. The van der Waals surface area contributed by atoms with E-state index in [1.54, 1.807) is 38.1 Å². The molecule has 0 radical (unpaired) electrons. The van der Waals surface area contributed by atoms with Crippen LogP contribution in [-0.2, 0) is 19.1 Å². The van der Waals surface area contributed by atoms with E-state index in [0.717, 1.165) is 0 Å². The molecule has 0 aromatic heterocycles. The highest BCUT2D eigenvalue weighted by Crippen LogP contribution is 2.36. The number of rotatable bonds is 14. The average Bonchev–Trinajstić information content (AvgIpc) is 2.98. The van der Waals surface area contributed by atoms with E-state index in [2.05, 4.69) is 25.9 Å². The van der Waals surface area contributed by atoms with E-state index in [0.29, 0.717) is 34.9 Å². The number of aliphatic hydroxyl groups excluding tert-OH is 1. The van der Waals surface area contributed by atoms with Crippen LogP contribution in [0.1, 0.15) is 31.0 Å². The quantitative estimate of drug-likeness (QED) is 0.106. The Balaban J connectivity index is 1.67. The predicted molar refractivity (Wildman–Crippen MR) is 154 cm³/mol. The first-order valence-corrected chi connectivity index (χ1v) is 13.3. The van der Waals surface area contributed by atoms with Crippen molar-refractivity contribution in [1.29, 1.82) is 0 Å². The number of carbonyl (C=O) groups excluding carboxylic acids is 3. The van der Waals surface area contributed by atoms with Crippen molar-refractivity contribution in [3.63, 3.8) is 0 Å². The van der Waals surface area contributed by atoms with Crippen LogP contribution >= 0.6 is 11.6 Å². The highest BCUT2D eigenvalue weighted by molar-refractivity contribution is 6.32. The molecule has 2 amide bonds. The summed E-state index contributed by atoms with van der Waals surface area (Å²) in [7, 11) is 3.91. The SMILES string of the molecule is CCOc1cc([C@@H]2NC(=O)NC(C)=C2C(=O)OC)ccc1OC[C@@H](O)N/N=C\c1cc(Cl)c(OCC(=O)OC)c(OC)c1. The van der Waals surface area contributed by atoms with Crippen molar-refractivity contribution in [3.05, 3.63) is 57.8 Å². The largest absolute Gasteiger partial charge is 0.493 e. The molecule has 0 spiro atoms. The van der Waals surface area contributed by atoms with E-state index in [4.69, 9.17) is 35.3 Å². The summed E-state index contributed by atoms with van der Waals surface area (Å²) in [6.07, 6.45) is 0.176. The molecule has 0 aliphatic carbocycles. The van der Waals surface area contributed by atoms with Crippen molar-refractivity contribution in [2.45, 2.75) is 26.1 Å². The molecular formula is C28H33ClN4O10. The fourth-order valence-electron chi connectivity index (χ4n) is 3.96. The average molecular weight is 621 g/mol. The van der Waals surface area contributed by atoms with Gasteiger partial charge in [-0.3, -0.25) is 5.43 Å². The molecule has 3 rings (SSSR count). The smallest absolute Gasteiger partial charge is 0.343 e. The number of halogens is 1. The second kappa shape index (κ2) is 15.5. The first kappa shape index (κ1) is 32.8. The molecule has 1 aliphatic rings. The Kier molecular flexibility index (Phi) is 11.8. The zero-order valence-electron chi connectivity index (χ0n) is 24.2. The Hall–Kier alpha value is -4.69. The van der Waals surface area contributed by atoms with Crippen LogP contribution in [0, 0.1) is 0 Å². The van der Waals surface area contributed by atoms with Crippen LogP contribution in [0.25, 0.3) is 0 Å². The summed E-state index contributed by atoms with van der Waals surface area (Å²) < 4.78 is 31.6. The van der Waals surface area contributed by atoms with Gasteiger partial charge in [0.1, 0.15) is 6.61 Å². The summed E-state index contributed by atoms with van der Waals surface area (Å²) in [5.74, 6) is -0.0894. The highest BCUT2D eigenvalue weighted by atomic mass is 35.5. The lowest BCUT2D eigenvalue weighted by molar-refractivity contribution is -0.143. The van der Waals surface area contributed by atoms with Crippen molar-refractivity contribution < 1.29 is 47.9 Å². The van der Waals surface area contributed by atoms with Crippen LogP contribution in [0.15, 0.2) is 46.7 Å². The van der Waals surface area contributed by atoms with Gasteiger partial charge >= 0.3 is 18.0 Å². The predicted octanol–water partition coefficient (Wildman–Crippen LogP) is 2.42. The molecule has 1 heterocycles. The fourth-order valence-corrected chi connectivity index (χ4v) is 4.24. The van der Waals surface area contributed by atoms with E-state index < -0.39 is 30.2 Å². The van der Waals surface area contributed by atoms with E-state index >= 15 is 0 Å². The summed E-state index contributed by atoms with van der Waals surface area (Å²) in [5, 5.41) is 19.8. The minimum Gasteiger partial charge on any atom is -0.493 e. The third-order valence-electron chi connectivity index (χ3n) is 5.92. The molecule has 0 bridgehead atoms. The number of hydrogen-bond acceptors (Lipinski definition) is 12. The Labute approximate surface area is 252 Å². The summed E-state index contributed by atoms with van der Waals surface area (Å²) >= 11 is 6.28. The number of hydrogen-bond donors (Lipinski definition) is 4. The van der Waals surface area contributed by atoms with E-state index in [1.807, 2.05) is 0 Å². The molecule has 4 N–H and O–H groups in total. The van der Waals surface area contributed by atoms with Crippen LogP contribution in [0.3, 0.4) is 0 Å². The molecule has 0 fully saturated rings. The molecule has 0 unspecified atom stereocenters. The number of allylic oxidation sites excluding steroid dienone is 1. The van der Waals surface area contributed by atoms with Gasteiger partial charge < -0.3 is 44.2 Å². The maximum atomic E-state index is 12.4. The number of hydrazone groups is 1. The summed E-state index contributed by atoms with van der Waals surface area (Å²) in [6.45, 7) is 3.15. The first-order chi connectivity index (χ1) is 20.6. The minimum absolute atomic E-state index is 0.166. The molecule has 43 heavy (non-hydrogen) atoms. The lowest BCUT2D eigenvalue weighted by atomic mass is 9.95. The molecule has 2 atom stereocenters. The van der Waals surface area contributed by atoms with Gasteiger partial charge in [0, 0.05) is 5.70 Å². The molecule has 0 saturated heterocycles. The lowest BCUT2D eigenvalue weighted by Crippen LogP contribution is -2.45. The number of benzene rings is 2. The van der Waals surface area contributed by atoms with Crippen molar-refractivity contribution in [3.8, 4) is 23.0 Å². The standard InChI is InChI=1S/C28H33ClN4O10/c1-6-41-20-11-17(25-24(27(36)40-5)15(2)31-28(37)32-25)7-8-19(20)42-13-22(34)33-30-12-16-9-18(29)26(21(10-16)38-3)43-14-23(35)39-4/h7-12,22,25,33-34H,6,13-14H2,1-5H3,(H2,31,32,37)/b30-12-/t22-,25+/m1/s1. The van der Waals surface area contributed by atoms with Crippen molar-refractivity contribution in [2.75, 3.05) is 41.2 Å².